The normalized spacial score (nSPS) is 11.9. The molecule has 0 saturated carbocycles. The second-order valence-corrected chi connectivity index (χ2v) is 7.24. The van der Waals surface area contributed by atoms with Crippen LogP contribution in [0.1, 0.15) is 13.3 Å². The number of hydrogen-bond acceptors (Lipinski definition) is 5. The van der Waals surface area contributed by atoms with E-state index >= 15 is 0 Å². The number of nitrogens with zero attached hydrogens (tertiary/aromatic N) is 2. The lowest BCUT2D eigenvalue weighted by molar-refractivity contribution is -0.122. The average molecular weight is 389 g/mol. The molecular weight excluding hydrogens is 370 g/mol. The predicted octanol–water partition coefficient (Wildman–Crippen LogP) is 5.15. The number of nitrogens with one attached hydrogen (secondary N) is 1. The van der Waals surface area contributed by atoms with Crippen molar-refractivity contribution in [3.05, 3.63) is 72.8 Å². The Labute approximate surface area is 167 Å². The summed E-state index contributed by atoms with van der Waals surface area (Å²) in [6.07, 6.45) is -0.0748. The molecule has 1 amide bonds. The summed E-state index contributed by atoms with van der Waals surface area (Å²) in [5.74, 6) is 0.466. The van der Waals surface area contributed by atoms with Gasteiger partial charge in [0.05, 0.1) is 0 Å². The minimum atomic E-state index is -0.616. The number of anilines is 1. The van der Waals surface area contributed by atoms with E-state index in [0.717, 1.165) is 21.3 Å². The largest absolute Gasteiger partial charge is 0.480 e. The van der Waals surface area contributed by atoms with Crippen molar-refractivity contribution in [2.45, 2.75) is 19.4 Å². The fraction of sp³-hybridized carbons (Fsp3) is 0.136. The molecule has 1 aromatic heterocycles. The number of rotatable bonds is 6. The third-order valence-corrected chi connectivity index (χ3v) is 5.25. The topological polar surface area (TPSA) is 64.1 Å². The van der Waals surface area contributed by atoms with E-state index in [9.17, 15) is 4.79 Å². The lowest BCUT2D eigenvalue weighted by Gasteiger charge is -2.17. The molecule has 4 aromatic rings. The standard InChI is InChI=1S/C22H19N3O2S/c1-2-18(27-19-14-8-12-15-9-6-7-13-17(15)19)20(26)23-22-25-24-21(28-22)16-10-4-3-5-11-16/h3-14,18H,2H2,1H3,(H,23,25,26)/t18-/m1/s1. The lowest BCUT2D eigenvalue weighted by atomic mass is 10.1. The first-order valence-electron chi connectivity index (χ1n) is 9.09. The maximum Gasteiger partial charge on any atom is 0.267 e. The van der Waals surface area contributed by atoms with Crippen molar-refractivity contribution < 1.29 is 9.53 Å². The van der Waals surface area contributed by atoms with Gasteiger partial charge in [-0.15, -0.1) is 10.2 Å². The summed E-state index contributed by atoms with van der Waals surface area (Å²) >= 11 is 1.34. The Morgan fingerprint density at radius 2 is 1.75 bits per heavy atom. The highest BCUT2D eigenvalue weighted by Crippen LogP contribution is 2.28. The van der Waals surface area contributed by atoms with Gasteiger partial charge in [0.1, 0.15) is 10.8 Å². The molecule has 28 heavy (non-hydrogen) atoms. The van der Waals surface area contributed by atoms with Crippen molar-refractivity contribution >= 4 is 33.1 Å². The van der Waals surface area contributed by atoms with Crippen molar-refractivity contribution in [3.63, 3.8) is 0 Å². The van der Waals surface area contributed by atoms with E-state index in [1.54, 1.807) is 0 Å². The van der Waals surface area contributed by atoms with Crippen LogP contribution in [0.25, 0.3) is 21.3 Å². The molecule has 0 aliphatic heterocycles. The van der Waals surface area contributed by atoms with Crippen LogP contribution in [0.5, 0.6) is 5.75 Å². The number of aromatic nitrogens is 2. The molecule has 0 fully saturated rings. The van der Waals surface area contributed by atoms with Gasteiger partial charge in [-0.1, -0.05) is 85.0 Å². The Morgan fingerprint density at radius 3 is 2.57 bits per heavy atom. The number of fused-ring (bicyclic) bond motifs is 1. The maximum absolute atomic E-state index is 12.7. The van der Waals surface area contributed by atoms with E-state index in [1.165, 1.54) is 11.3 Å². The summed E-state index contributed by atoms with van der Waals surface area (Å²) in [7, 11) is 0. The van der Waals surface area contributed by atoms with Crippen molar-refractivity contribution in [3.8, 4) is 16.3 Å². The quantitative estimate of drug-likeness (QED) is 0.495. The zero-order valence-corrected chi connectivity index (χ0v) is 16.1. The number of hydrogen-bond donors (Lipinski definition) is 1. The van der Waals surface area contributed by atoms with E-state index < -0.39 is 6.10 Å². The van der Waals surface area contributed by atoms with Crippen molar-refractivity contribution in [1.29, 1.82) is 0 Å². The minimum Gasteiger partial charge on any atom is -0.480 e. The number of ether oxygens (including phenoxy) is 1. The molecule has 0 aliphatic rings. The van der Waals surface area contributed by atoms with Crippen molar-refractivity contribution in [2.75, 3.05) is 5.32 Å². The van der Waals surface area contributed by atoms with Crippen LogP contribution < -0.4 is 10.1 Å². The third kappa shape index (κ3) is 3.87. The summed E-state index contributed by atoms with van der Waals surface area (Å²) in [5.41, 5.74) is 0.972. The van der Waals surface area contributed by atoms with Crippen molar-refractivity contribution in [2.24, 2.45) is 0 Å². The number of amides is 1. The molecule has 1 heterocycles. The molecule has 0 bridgehead atoms. The fourth-order valence-electron chi connectivity index (χ4n) is 2.93. The highest BCUT2D eigenvalue weighted by Gasteiger charge is 2.21. The van der Waals surface area contributed by atoms with Gasteiger partial charge >= 0.3 is 0 Å². The Hall–Kier alpha value is -3.25. The van der Waals surface area contributed by atoms with Crippen molar-refractivity contribution in [1.82, 2.24) is 10.2 Å². The molecule has 4 rings (SSSR count). The van der Waals surface area contributed by atoms with Gasteiger partial charge in [-0.05, 0) is 17.9 Å². The van der Waals surface area contributed by atoms with E-state index in [4.69, 9.17) is 4.74 Å². The van der Waals surface area contributed by atoms with Gasteiger partial charge < -0.3 is 4.74 Å². The Kier molecular flexibility index (Phi) is 5.30. The van der Waals surface area contributed by atoms with Crippen LogP contribution >= 0.6 is 11.3 Å². The molecule has 6 heteroatoms. The minimum absolute atomic E-state index is 0.230. The second-order valence-electron chi connectivity index (χ2n) is 6.26. The van der Waals surface area contributed by atoms with E-state index in [0.29, 0.717) is 17.3 Å². The summed E-state index contributed by atoms with van der Waals surface area (Å²) in [6, 6.07) is 23.6. The summed E-state index contributed by atoms with van der Waals surface area (Å²) in [6.45, 7) is 1.92. The molecule has 1 N–H and O–H groups in total. The lowest BCUT2D eigenvalue weighted by Crippen LogP contribution is -2.32. The van der Waals surface area contributed by atoms with Gasteiger partial charge in [-0.2, -0.15) is 0 Å². The summed E-state index contributed by atoms with van der Waals surface area (Å²) in [5, 5.41) is 14.4. The first-order valence-corrected chi connectivity index (χ1v) is 9.90. The van der Waals surface area contributed by atoms with Crippen LogP contribution in [0.3, 0.4) is 0 Å². The summed E-state index contributed by atoms with van der Waals surface area (Å²) < 4.78 is 6.05. The first kappa shape index (κ1) is 18.1. The number of benzene rings is 3. The zero-order valence-electron chi connectivity index (χ0n) is 15.3. The Morgan fingerprint density at radius 1 is 1.00 bits per heavy atom. The first-order chi connectivity index (χ1) is 13.7. The van der Waals surface area contributed by atoms with Gasteiger partial charge in [-0.3, -0.25) is 10.1 Å². The van der Waals surface area contributed by atoms with E-state index in [-0.39, 0.29) is 5.91 Å². The SMILES string of the molecule is CC[C@@H](Oc1cccc2ccccc12)C(=O)Nc1nnc(-c2ccccc2)s1. The molecule has 0 aliphatic carbocycles. The average Bonchev–Trinajstić information content (AvgIpc) is 3.21. The van der Waals surface area contributed by atoms with Crippen LogP contribution in [-0.4, -0.2) is 22.2 Å². The highest BCUT2D eigenvalue weighted by molar-refractivity contribution is 7.18. The van der Waals surface area contributed by atoms with Crippen LogP contribution in [0.2, 0.25) is 0 Å². The Bertz CT molecular complexity index is 1090. The second kappa shape index (κ2) is 8.19. The molecule has 0 radical (unpaired) electrons. The number of carbonyl (C=O) groups excluding carboxylic acids is 1. The van der Waals surface area contributed by atoms with Gasteiger partial charge in [0.25, 0.3) is 5.91 Å². The van der Waals surface area contributed by atoms with E-state index in [2.05, 4.69) is 15.5 Å². The van der Waals surface area contributed by atoms with Crippen LogP contribution in [0.4, 0.5) is 5.13 Å². The predicted molar refractivity (Wildman–Crippen MR) is 113 cm³/mol. The highest BCUT2D eigenvalue weighted by atomic mass is 32.1. The molecule has 0 spiro atoms. The van der Waals surface area contributed by atoms with Gasteiger partial charge in [0, 0.05) is 10.9 Å². The smallest absolute Gasteiger partial charge is 0.267 e. The third-order valence-electron chi connectivity index (χ3n) is 4.36. The summed E-state index contributed by atoms with van der Waals surface area (Å²) in [4.78, 5) is 12.7. The van der Waals surface area contributed by atoms with Crippen LogP contribution in [0, 0.1) is 0 Å². The molecular formula is C22H19N3O2S. The molecule has 5 nitrogen and oxygen atoms in total. The molecule has 0 saturated heterocycles. The van der Waals surface area contributed by atoms with Gasteiger partial charge in [0.15, 0.2) is 6.10 Å². The molecule has 1 atom stereocenters. The van der Waals surface area contributed by atoms with Crippen LogP contribution in [-0.2, 0) is 4.79 Å². The zero-order chi connectivity index (χ0) is 19.3. The molecule has 3 aromatic carbocycles. The molecule has 140 valence electrons. The Balaban J connectivity index is 1.49. The van der Waals surface area contributed by atoms with E-state index in [1.807, 2.05) is 79.7 Å². The van der Waals surface area contributed by atoms with Gasteiger partial charge in [-0.25, -0.2) is 0 Å². The molecule has 0 unspecified atom stereocenters. The number of carbonyl (C=O) groups is 1. The maximum atomic E-state index is 12.7. The fourth-order valence-corrected chi connectivity index (χ4v) is 3.68. The van der Waals surface area contributed by atoms with Gasteiger partial charge in [0.2, 0.25) is 5.13 Å². The van der Waals surface area contributed by atoms with Crippen LogP contribution in [0.15, 0.2) is 72.8 Å². The monoisotopic (exact) mass is 389 g/mol.